The Bertz CT molecular complexity index is 1610. The molecule has 5 aromatic rings. The summed E-state index contributed by atoms with van der Waals surface area (Å²) in [5, 5.41) is 4.34. The average Bonchev–Trinajstić information content (AvgIpc) is 3.46. The predicted octanol–water partition coefficient (Wildman–Crippen LogP) is 6.80. The second kappa shape index (κ2) is 9.18. The second-order valence-electron chi connectivity index (χ2n) is 9.16. The number of hydrogen-bond acceptors (Lipinski definition) is 9. The van der Waals surface area contributed by atoms with Crippen molar-refractivity contribution >= 4 is 49.9 Å². The molecule has 0 amide bonds. The van der Waals surface area contributed by atoms with E-state index in [1.54, 1.807) is 17.7 Å². The van der Waals surface area contributed by atoms with E-state index in [1.807, 2.05) is 67.0 Å². The van der Waals surface area contributed by atoms with Crippen molar-refractivity contribution in [3.8, 4) is 11.5 Å². The van der Waals surface area contributed by atoms with Crippen molar-refractivity contribution in [2.75, 3.05) is 11.9 Å². The number of aliphatic imine (C=N–C) groups is 1. The molecule has 0 fully saturated rings. The maximum absolute atomic E-state index is 6.15. The van der Waals surface area contributed by atoms with Crippen LogP contribution in [0, 0.1) is 6.92 Å². The number of aryl methyl sites for hydroxylation is 1. The van der Waals surface area contributed by atoms with Crippen LogP contribution in [0.25, 0.3) is 21.1 Å². The van der Waals surface area contributed by atoms with Crippen molar-refractivity contribution in [3.63, 3.8) is 0 Å². The molecule has 4 N–H and O–H groups in total. The Morgan fingerprint density at radius 2 is 1.83 bits per heavy atom. The molecule has 0 aliphatic carbocycles. The maximum Gasteiger partial charge on any atom is 0.216 e. The molecule has 1 aliphatic heterocycles. The summed E-state index contributed by atoms with van der Waals surface area (Å²) < 4.78 is 13.1. The highest BCUT2D eigenvalue weighted by Gasteiger charge is 2.27. The van der Waals surface area contributed by atoms with Gasteiger partial charge in [0, 0.05) is 22.7 Å². The normalized spacial score (nSPS) is 14.2. The molecular formula is C27H26N6O2S. The summed E-state index contributed by atoms with van der Waals surface area (Å²) in [6.07, 6.45) is 1.57. The lowest BCUT2D eigenvalue weighted by atomic mass is 10.1. The Balaban J connectivity index is 0.00000267. The molecule has 2 aromatic heterocycles. The molecule has 3 heterocycles. The van der Waals surface area contributed by atoms with Gasteiger partial charge in [-0.2, -0.15) is 0 Å². The minimum absolute atomic E-state index is 0. The number of rotatable bonds is 5. The summed E-state index contributed by atoms with van der Waals surface area (Å²) >= 11 is 1.60. The molecule has 1 aliphatic rings. The highest BCUT2D eigenvalue weighted by Crippen LogP contribution is 2.32. The number of hydrogen-bond donors (Lipinski definition) is 2. The molecule has 0 saturated carbocycles. The zero-order chi connectivity index (χ0) is 24.0. The lowest BCUT2D eigenvalue weighted by molar-refractivity contribution is 0.279. The highest BCUT2D eigenvalue weighted by molar-refractivity contribution is 7.16. The number of benzene rings is 3. The van der Waals surface area contributed by atoms with Crippen molar-refractivity contribution in [3.05, 3.63) is 77.6 Å². The van der Waals surface area contributed by atoms with Crippen LogP contribution in [0.5, 0.6) is 11.5 Å². The van der Waals surface area contributed by atoms with Crippen LogP contribution in [-0.4, -0.2) is 33.0 Å². The van der Waals surface area contributed by atoms with Gasteiger partial charge in [0.1, 0.15) is 30.3 Å². The van der Waals surface area contributed by atoms with Crippen LogP contribution in [0.1, 0.15) is 25.0 Å². The van der Waals surface area contributed by atoms with Crippen molar-refractivity contribution < 1.29 is 9.47 Å². The maximum atomic E-state index is 6.15. The summed E-state index contributed by atoms with van der Waals surface area (Å²) in [7, 11) is 0. The summed E-state index contributed by atoms with van der Waals surface area (Å²) in [5.74, 6) is 2.97. The van der Waals surface area contributed by atoms with Crippen LogP contribution in [0.4, 0.5) is 11.5 Å². The molecule has 8 nitrogen and oxygen atoms in total. The topological polar surface area (TPSA) is 117 Å². The standard InChI is InChI=1S/C27H23N5O2S.H3N/c1-16-10-18(5-9-23(16)34-19-6-8-22-24(12-19)35-15-30-22)31-25-20-11-17(4-7-21(20)28-14-29-25)26-32-27(2,3)13-33-26;/h4-12,14-15H,13H2,1-3H3,(H,28,29,31);1H3. The number of nitrogens with zero attached hydrogens (tertiary/aromatic N) is 4. The number of anilines is 2. The lowest BCUT2D eigenvalue weighted by Crippen LogP contribution is -2.17. The quantitative estimate of drug-likeness (QED) is 0.274. The minimum atomic E-state index is -0.216. The predicted molar refractivity (Wildman–Crippen MR) is 145 cm³/mol. The smallest absolute Gasteiger partial charge is 0.216 e. The Kier molecular flexibility index (Phi) is 6.03. The van der Waals surface area contributed by atoms with Gasteiger partial charge in [0.15, 0.2) is 0 Å². The van der Waals surface area contributed by atoms with E-state index in [-0.39, 0.29) is 11.7 Å². The van der Waals surface area contributed by atoms with E-state index < -0.39 is 0 Å². The van der Waals surface area contributed by atoms with Crippen molar-refractivity contribution in [1.82, 2.24) is 21.1 Å². The largest absolute Gasteiger partial charge is 0.475 e. The van der Waals surface area contributed by atoms with E-state index in [1.165, 1.54) is 0 Å². The van der Waals surface area contributed by atoms with Crippen molar-refractivity contribution in [2.45, 2.75) is 26.3 Å². The molecule has 0 radical (unpaired) electrons. The Morgan fingerprint density at radius 3 is 2.64 bits per heavy atom. The van der Waals surface area contributed by atoms with Gasteiger partial charge in [-0.05, 0) is 74.9 Å². The summed E-state index contributed by atoms with van der Waals surface area (Å²) in [5.41, 5.74) is 6.29. The molecule has 0 bridgehead atoms. The van der Waals surface area contributed by atoms with Crippen LogP contribution < -0.4 is 16.2 Å². The number of nitrogens with one attached hydrogen (secondary N) is 1. The van der Waals surface area contributed by atoms with Gasteiger partial charge in [0.25, 0.3) is 0 Å². The molecule has 0 spiro atoms. The number of ether oxygens (including phenoxy) is 2. The average molecular weight is 499 g/mol. The fourth-order valence-electron chi connectivity index (χ4n) is 4.03. The van der Waals surface area contributed by atoms with Crippen LogP contribution in [0.15, 0.2) is 71.4 Å². The molecule has 182 valence electrons. The van der Waals surface area contributed by atoms with Crippen LogP contribution >= 0.6 is 11.3 Å². The van der Waals surface area contributed by atoms with Gasteiger partial charge in [-0.1, -0.05) is 0 Å². The van der Waals surface area contributed by atoms with Crippen molar-refractivity contribution in [1.29, 1.82) is 0 Å². The third kappa shape index (κ3) is 4.58. The first kappa shape index (κ1) is 23.7. The molecule has 9 heteroatoms. The molecular weight excluding hydrogens is 472 g/mol. The Morgan fingerprint density at radius 1 is 0.972 bits per heavy atom. The van der Waals surface area contributed by atoms with E-state index in [4.69, 9.17) is 14.5 Å². The summed E-state index contributed by atoms with van der Waals surface area (Å²) in [6.45, 7) is 6.72. The SMILES string of the molecule is Cc1cc(Nc2ncnc3ccc(C4=NC(C)(C)CO4)cc23)ccc1Oc1ccc2ncsc2c1.N. The van der Waals surface area contributed by atoms with Gasteiger partial charge in [0.05, 0.1) is 26.8 Å². The minimum Gasteiger partial charge on any atom is -0.475 e. The zero-order valence-electron chi connectivity index (χ0n) is 20.3. The van der Waals surface area contributed by atoms with Gasteiger partial charge in [-0.15, -0.1) is 11.3 Å². The first-order valence-corrected chi connectivity index (χ1v) is 12.2. The van der Waals surface area contributed by atoms with E-state index >= 15 is 0 Å². The van der Waals surface area contributed by atoms with Gasteiger partial charge < -0.3 is 20.9 Å². The van der Waals surface area contributed by atoms with Crippen LogP contribution in [-0.2, 0) is 4.74 Å². The van der Waals surface area contributed by atoms with Gasteiger partial charge >= 0.3 is 0 Å². The summed E-state index contributed by atoms with van der Waals surface area (Å²) in [4.78, 5) is 17.9. The number of fused-ring (bicyclic) bond motifs is 2. The highest BCUT2D eigenvalue weighted by atomic mass is 32.1. The monoisotopic (exact) mass is 498 g/mol. The molecule has 6 rings (SSSR count). The fourth-order valence-corrected chi connectivity index (χ4v) is 4.73. The molecule has 0 saturated heterocycles. The van der Waals surface area contributed by atoms with Gasteiger partial charge in [-0.3, -0.25) is 0 Å². The fraction of sp³-hybridized carbons (Fsp3) is 0.185. The second-order valence-corrected chi connectivity index (χ2v) is 10.0. The zero-order valence-corrected chi connectivity index (χ0v) is 21.1. The molecule has 36 heavy (non-hydrogen) atoms. The molecule has 0 unspecified atom stereocenters. The van der Waals surface area contributed by atoms with Crippen LogP contribution in [0.2, 0.25) is 0 Å². The first-order chi connectivity index (χ1) is 16.9. The first-order valence-electron chi connectivity index (χ1n) is 11.3. The molecule has 0 atom stereocenters. The number of thiazole rings is 1. The Labute approximate surface area is 212 Å². The summed E-state index contributed by atoms with van der Waals surface area (Å²) in [6, 6.07) is 17.9. The molecule has 3 aromatic carbocycles. The third-order valence-corrected chi connectivity index (χ3v) is 6.61. The van der Waals surface area contributed by atoms with Crippen molar-refractivity contribution in [2.24, 2.45) is 4.99 Å². The van der Waals surface area contributed by atoms with E-state index in [0.29, 0.717) is 12.5 Å². The lowest BCUT2D eigenvalue weighted by Gasteiger charge is -2.13. The van der Waals surface area contributed by atoms with Gasteiger partial charge in [0.2, 0.25) is 5.90 Å². The third-order valence-electron chi connectivity index (χ3n) is 5.82. The van der Waals surface area contributed by atoms with E-state index in [9.17, 15) is 0 Å². The Hall–Kier alpha value is -4.08. The van der Waals surface area contributed by atoms with Crippen LogP contribution in [0.3, 0.4) is 0 Å². The number of aromatic nitrogens is 3. The van der Waals surface area contributed by atoms with E-state index in [2.05, 4.69) is 34.1 Å². The van der Waals surface area contributed by atoms with Gasteiger partial charge in [-0.25, -0.2) is 19.9 Å². The van der Waals surface area contributed by atoms with E-state index in [0.717, 1.165) is 55.3 Å².